The molecule has 48 heavy (non-hydrogen) atoms. The normalized spacial score (nSPS) is 11.8. The highest BCUT2D eigenvalue weighted by molar-refractivity contribution is 6.15. The smallest absolute Gasteiger partial charge is 0.238 e. The molecule has 0 amide bonds. The third-order valence-corrected chi connectivity index (χ3v) is 9.25. The third-order valence-electron chi connectivity index (χ3n) is 9.25. The lowest BCUT2D eigenvalue weighted by atomic mass is 10.0. The molecule has 0 N–H and O–H groups in total. The quantitative estimate of drug-likeness (QED) is 0.198. The van der Waals surface area contributed by atoms with Crippen LogP contribution in [-0.4, -0.2) is 19.5 Å². The number of aromatic nitrogens is 4. The lowest BCUT2D eigenvalue weighted by Gasteiger charge is -2.11. The topological polar surface area (TPSA) is 56.7 Å². The van der Waals surface area contributed by atoms with Crippen LogP contribution in [0.25, 0.3) is 94.4 Å². The first-order valence-corrected chi connectivity index (χ1v) is 16.0. The molecular formula is C43H26N4O. The molecule has 0 spiro atoms. The van der Waals surface area contributed by atoms with Gasteiger partial charge in [0.25, 0.3) is 0 Å². The summed E-state index contributed by atoms with van der Waals surface area (Å²) in [4.78, 5) is 15.3. The summed E-state index contributed by atoms with van der Waals surface area (Å²) in [5.74, 6) is 1.80. The Morgan fingerprint density at radius 2 is 1.04 bits per heavy atom. The molecule has 0 atom stereocenters. The summed E-state index contributed by atoms with van der Waals surface area (Å²) in [6.45, 7) is 0. The molecular weight excluding hydrogens is 589 g/mol. The van der Waals surface area contributed by atoms with Crippen molar-refractivity contribution in [2.45, 2.75) is 0 Å². The predicted octanol–water partition coefficient (Wildman–Crippen LogP) is 11.0. The SMILES string of the molecule is c1ccc(-c2ccc3c(c2)c2ccccc2n3-c2nc(-c3ccccc3)nc(-c3ccc4c(ccc5c6ccccc6oc45)c3)n2)cc1. The Kier molecular flexibility index (Phi) is 5.81. The van der Waals surface area contributed by atoms with Crippen molar-refractivity contribution in [1.29, 1.82) is 0 Å². The standard InChI is InChI=1S/C43H26N4O/c1-3-11-27(12-4-1)29-21-24-38-36(26-29)33-15-7-9-17-37(33)47(38)43-45-41(28-13-5-2-6-14-28)44-42(46-43)31-20-22-32-30(25-31)19-23-35-34-16-8-10-18-39(34)48-40(32)35/h1-26H. The van der Waals surface area contributed by atoms with Gasteiger partial charge in [-0.2, -0.15) is 9.97 Å². The summed E-state index contributed by atoms with van der Waals surface area (Å²) in [6.07, 6.45) is 0. The molecule has 0 saturated carbocycles. The summed E-state index contributed by atoms with van der Waals surface area (Å²) in [6, 6.07) is 54.5. The Labute approximate surface area is 275 Å². The van der Waals surface area contributed by atoms with Crippen LogP contribution in [0.15, 0.2) is 162 Å². The van der Waals surface area contributed by atoms with E-state index in [2.05, 4.69) is 108 Å². The summed E-state index contributed by atoms with van der Waals surface area (Å²) >= 11 is 0. The van der Waals surface area contributed by atoms with Crippen LogP contribution in [0.1, 0.15) is 0 Å². The van der Waals surface area contributed by atoms with E-state index in [0.717, 1.165) is 65.6 Å². The molecule has 5 heteroatoms. The van der Waals surface area contributed by atoms with Crippen LogP contribution in [0.2, 0.25) is 0 Å². The van der Waals surface area contributed by atoms with E-state index in [-0.39, 0.29) is 0 Å². The number of hydrogen-bond acceptors (Lipinski definition) is 4. The molecule has 10 aromatic rings. The van der Waals surface area contributed by atoms with Crippen LogP contribution in [0.3, 0.4) is 0 Å². The van der Waals surface area contributed by atoms with E-state index in [0.29, 0.717) is 17.6 Å². The first kappa shape index (κ1) is 26.6. The van der Waals surface area contributed by atoms with E-state index >= 15 is 0 Å². The zero-order valence-electron chi connectivity index (χ0n) is 25.7. The van der Waals surface area contributed by atoms with Crippen molar-refractivity contribution in [3.05, 3.63) is 158 Å². The average Bonchev–Trinajstić information content (AvgIpc) is 3.71. The minimum atomic E-state index is 0.574. The van der Waals surface area contributed by atoms with Crippen LogP contribution in [-0.2, 0) is 0 Å². The number of para-hydroxylation sites is 2. The van der Waals surface area contributed by atoms with Crippen LogP contribution in [0, 0.1) is 0 Å². The predicted molar refractivity (Wildman–Crippen MR) is 195 cm³/mol. The highest BCUT2D eigenvalue weighted by Gasteiger charge is 2.19. The molecule has 10 rings (SSSR count). The number of furan rings is 1. The minimum Gasteiger partial charge on any atom is -0.455 e. The van der Waals surface area contributed by atoms with Gasteiger partial charge in [-0.05, 0) is 59.0 Å². The van der Waals surface area contributed by atoms with Crippen LogP contribution in [0.5, 0.6) is 0 Å². The molecule has 5 nitrogen and oxygen atoms in total. The number of hydrogen-bond donors (Lipinski definition) is 0. The molecule has 0 bridgehead atoms. The second-order valence-electron chi connectivity index (χ2n) is 12.1. The highest BCUT2D eigenvalue weighted by Crippen LogP contribution is 2.37. The van der Waals surface area contributed by atoms with E-state index in [9.17, 15) is 0 Å². The van der Waals surface area contributed by atoms with Crippen LogP contribution < -0.4 is 0 Å². The number of nitrogens with zero attached hydrogens (tertiary/aromatic N) is 4. The minimum absolute atomic E-state index is 0.574. The van der Waals surface area contributed by atoms with E-state index in [1.807, 2.05) is 54.6 Å². The van der Waals surface area contributed by atoms with E-state index in [1.165, 1.54) is 11.1 Å². The van der Waals surface area contributed by atoms with Gasteiger partial charge in [0.15, 0.2) is 11.6 Å². The van der Waals surface area contributed by atoms with Crippen molar-refractivity contribution in [3.8, 4) is 39.9 Å². The maximum atomic E-state index is 6.33. The Hall–Kier alpha value is -6.59. The molecule has 0 saturated heterocycles. The molecule has 7 aromatic carbocycles. The van der Waals surface area contributed by atoms with Crippen molar-refractivity contribution < 1.29 is 4.42 Å². The molecule has 3 heterocycles. The van der Waals surface area contributed by atoms with Gasteiger partial charge < -0.3 is 4.42 Å². The lowest BCUT2D eigenvalue weighted by Crippen LogP contribution is -2.06. The Balaban J connectivity index is 1.20. The average molecular weight is 615 g/mol. The van der Waals surface area contributed by atoms with Gasteiger partial charge in [-0.1, -0.05) is 115 Å². The van der Waals surface area contributed by atoms with E-state index < -0.39 is 0 Å². The third kappa shape index (κ3) is 4.15. The fraction of sp³-hybridized carbons (Fsp3) is 0. The van der Waals surface area contributed by atoms with E-state index in [4.69, 9.17) is 19.4 Å². The maximum absolute atomic E-state index is 6.33. The highest BCUT2D eigenvalue weighted by atomic mass is 16.3. The van der Waals surface area contributed by atoms with Gasteiger partial charge in [0.05, 0.1) is 11.0 Å². The monoisotopic (exact) mass is 614 g/mol. The van der Waals surface area contributed by atoms with Gasteiger partial charge in [-0.3, -0.25) is 4.57 Å². The van der Waals surface area contributed by atoms with Gasteiger partial charge in [-0.15, -0.1) is 0 Å². The second kappa shape index (κ2) is 10.5. The van der Waals surface area contributed by atoms with E-state index in [1.54, 1.807) is 0 Å². The molecule has 0 aliphatic heterocycles. The van der Waals surface area contributed by atoms with Crippen LogP contribution >= 0.6 is 0 Å². The van der Waals surface area contributed by atoms with Gasteiger partial charge in [0.2, 0.25) is 5.95 Å². The summed E-state index contributed by atoms with van der Waals surface area (Å²) < 4.78 is 8.49. The fourth-order valence-electron chi connectivity index (χ4n) is 6.96. The number of rotatable bonds is 4. The zero-order valence-corrected chi connectivity index (χ0v) is 25.7. The van der Waals surface area contributed by atoms with Crippen LogP contribution in [0.4, 0.5) is 0 Å². The van der Waals surface area contributed by atoms with Gasteiger partial charge in [-0.25, -0.2) is 4.98 Å². The second-order valence-corrected chi connectivity index (χ2v) is 12.1. The molecule has 0 aliphatic carbocycles. The van der Waals surface area contributed by atoms with Crippen molar-refractivity contribution in [1.82, 2.24) is 19.5 Å². The first-order valence-electron chi connectivity index (χ1n) is 16.0. The number of fused-ring (bicyclic) bond motifs is 8. The molecule has 0 radical (unpaired) electrons. The summed E-state index contributed by atoms with van der Waals surface area (Å²) in [5, 5.41) is 6.65. The Bertz CT molecular complexity index is 2830. The largest absolute Gasteiger partial charge is 0.455 e. The van der Waals surface area contributed by atoms with Gasteiger partial charge >= 0.3 is 0 Å². The summed E-state index contributed by atoms with van der Waals surface area (Å²) in [5.41, 5.74) is 8.05. The van der Waals surface area contributed by atoms with Gasteiger partial charge in [0.1, 0.15) is 11.2 Å². The molecule has 3 aromatic heterocycles. The Morgan fingerprint density at radius 1 is 0.396 bits per heavy atom. The van der Waals surface area contributed by atoms with Gasteiger partial charge in [0, 0.05) is 38.1 Å². The van der Waals surface area contributed by atoms with Crippen molar-refractivity contribution >= 4 is 54.5 Å². The first-order chi connectivity index (χ1) is 23.8. The fourth-order valence-corrected chi connectivity index (χ4v) is 6.96. The number of benzene rings is 7. The maximum Gasteiger partial charge on any atom is 0.238 e. The lowest BCUT2D eigenvalue weighted by molar-refractivity contribution is 0.672. The van der Waals surface area contributed by atoms with Crippen molar-refractivity contribution in [2.24, 2.45) is 0 Å². The molecule has 0 aliphatic rings. The van der Waals surface area contributed by atoms with Crippen molar-refractivity contribution in [3.63, 3.8) is 0 Å². The van der Waals surface area contributed by atoms with Crippen molar-refractivity contribution in [2.75, 3.05) is 0 Å². The zero-order chi connectivity index (χ0) is 31.6. The molecule has 0 fully saturated rings. The molecule has 0 unspecified atom stereocenters. The Morgan fingerprint density at radius 3 is 1.88 bits per heavy atom. The summed E-state index contributed by atoms with van der Waals surface area (Å²) in [7, 11) is 0. The molecule has 224 valence electrons.